The van der Waals surface area contributed by atoms with E-state index in [1.807, 2.05) is 4.90 Å². The Morgan fingerprint density at radius 1 is 1.28 bits per heavy atom. The van der Waals surface area contributed by atoms with Crippen LogP contribution in [0, 0.1) is 5.82 Å². The molecule has 3 aliphatic rings. The zero-order chi connectivity index (χ0) is 22.5. The van der Waals surface area contributed by atoms with Crippen molar-refractivity contribution in [1.29, 1.82) is 0 Å². The van der Waals surface area contributed by atoms with Crippen molar-refractivity contribution in [2.45, 2.75) is 31.1 Å². The van der Waals surface area contributed by atoms with Gasteiger partial charge in [0.1, 0.15) is 24.0 Å². The highest BCUT2D eigenvalue weighted by Crippen LogP contribution is 2.52. The lowest BCUT2D eigenvalue weighted by Crippen LogP contribution is -2.49. The Bertz CT molecular complexity index is 1130. The molecule has 170 valence electrons. The number of aliphatic hydroxyl groups is 1. The Hall–Kier alpha value is -3.14. The molecule has 10 heteroatoms. The van der Waals surface area contributed by atoms with Gasteiger partial charge >= 0.3 is 0 Å². The van der Waals surface area contributed by atoms with Crippen molar-refractivity contribution in [3.05, 3.63) is 39.4 Å². The highest BCUT2D eigenvalue weighted by molar-refractivity contribution is 6.09. The van der Waals surface area contributed by atoms with Gasteiger partial charge in [-0.1, -0.05) is 0 Å². The summed E-state index contributed by atoms with van der Waals surface area (Å²) in [7, 11) is 1.63. The number of fused-ring (bicyclic) bond motifs is 3. The van der Waals surface area contributed by atoms with E-state index in [2.05, 4.69) is 15.3 Å². The SMILES string of the molecule is CN1C(=O)C2(CCN(c3nc4c(c(=O)[nH]3)CCCN4)CC2)c2c(F)ccc(OCCO)c21. The van der Waals surface area contributed by atoms with Crippen LogP contribution in [0.3, 0.4) is 0 Å². The summed E-state index contributed by atoms with van der Waals surface area (Å²) < 4.78 is 20.6. The number of rotatable bonds is 4. The summed E-state index contributed by atoms with van der Waals surface area (Å²) >= 11 is 0. The van der Waals surface area contributed by atoms with Crippen LogP contribution in [0.25, 0.3) is 0 Å². The molecule has 0 aliphatic carbocycles. The molecule has 0 atom stereocenters. The number of hydrogen-bond donors (Lipinski definition) is 3. The van der Waals surface area contributed by atoms with Crippen molar-refractivity contribution in [1.82, 2.24) is 9.97 Å². The number of nitrogens with zero attached hydrogens (tertiary/aromatic N) is 3. The van der Waals surface area contributed by atoms with Gasteiger partial charge in [0.2, 0.25) is 11.9 Å². The van der Waals surface area contributed by atoms with Crippen molar-refractivity contribution in [3.63, 3.8) is 0 Å². The minimum absolute atomic E-state index is 0.0618. The number of aromatic nitrogens is 2. The normalized spacial score (nSPS) is 19.0. The average Bonchev–Trinajstić information content (AvgIpc) is 3.02. The molecule has 1 amide bonds. The van der Waals surface area contributed by atoms with E-state index in [9.17, 15) is 9.59 Å². The molecule has 0 radical (unpaired) electrons. The maximum absolute atomic E-state index is 15.1. The molecule has 9 nitrogen and oxygen atoms in total. The molecule has 0 unspecified atom stereocenters. The van der Waals surface area contributed by atoms with Gasteiger partial charge in [-0.2, -0.15) is 4.98 Å². The quantitative estimate of drug-likeness (QED) is 0.650. The number of carbonyl (C=O) groups is 1. The first-order valence-electron chi connectivity index (χ1n) is 10.9. The number of H-pyrrole nitrogens is 1. The number of ether oxygens (including phenoxy) is 1. The number of nitrogens with one attached hydrogen (secondary N) is 2. The maximum atomic E-state index is 15.1. The minimum atomic E-state index is -0.990. The summed E-state index contributed by atoms with van der Waals surface area (Å²) in [6.07, 6.45) is 2.37. The molecular formula is C22H26FN5O4. The van der Waals surface area contributed by atoms with Gasteiger partial charge < -0.3 is 25.0 Å². The average molecular weight is 443 g/mol. The van der Waals surface area contributed by atoms with Crippen LogP contribution in [0.5, 0.6) is 5.75 Å². The molecule has 1 saturated heterocycles. The fourth-order valence-corrected chi connectivity index (χ4v) is 5.19. The minimum Gasteiger partial charge on any atom is -0.489 e. The third-order valence-electron chi connectivity index (χ3n) is 6.78. The number of carbonyl (C=O) groups excluding carboxylic acids is 1. The van der Waals surface area contributed by atoms with Gasteiger partial charge in [-0.05, 0) is 37.8 Å². The van der Waals surface area contributed by atoms with Gasteiger partial charge in [0.25, 0.3) is 5.56 Å². The number of anilines is 3. The maximum Gasteiger partial charge on any atom is 0.257 e. The first-order chi connectivity index (χ1) is 15.5. The van der Waals surface area contributed by atoms with Gasteiger partial charge in [0.05, 0.1) is 23.3 Å². The predicted octanol–water partition coefficient (Wildman–Crippen LogP) is 1.15. The number of amides is 1. The van der Waals surface area contributed by atoms with Crippen molar-refractivity contribution >= 4 is 23.4 Å². The molecule has 1 fully saturated rings. The fourth-order valence-electron chi connectivity index (χ4n) is 5.19. The molecule has 3 N–H and O–H groups in total. The third kappa shape index (κ3) is 3.04. The molecule has 32 heavy (non-hydrogen) atoms. The van der Waals surface area contributed by atoms with Crippen LogP contribution in [0.15, 0.2) is 16.9 Å². The standard InChI is InChI=1S/C22H26FN5O4/c1-27-17-15(32-12-11-29)5-4-14(23)16(17)22(20(27)31)6-9-28(10-7-22)21-25-18-13(19(30)26-21)3-2-8-24-18/h4-5,29H,2-3,6-12H2,1H3,(H2,24,25,26,30). The first kappa shape index (κ1) is 20.7. The summed E-state index contributed by atoms with van der Waals surface area (Å²) in [6.45, 7) is 1.56. The van der Waals surface area contributed by atoms with Crippen LogP contribution >= 0.6 is 0 Å². The largest absolute Gasteiger partial charge is 0.489 e. The molecule has 0 bridgehead atoms. The van der Waals surface area contributed by atoms with Gasteiger partial charge in [-0.15, -0.1) is 0 Å². The zero-order valence-electron chi connectivity index (χ0n) is 17.9. The van der Waals surface area contributed by atoms with E-state index in [0.29, 0.717) is 66.7 Å². The van der Waals surface area contributed by atoms with Crippen LogP contribution in [0.4, 0.5) is 21.8 Å². The number of benzene rings is 1. The summed E-state index contributed by atoms with van der Waals surface area (Å²) in [5.74, 6) is 0.871. The van der Waals surface area contributed by atoms with Crippen LogP contribution in [0.2, 0.25) is 0 Å². The van der Waals surface area contributed by atoms with E-state index in [1.54, 1.807) is 7.05 Å². The summed E-state index contributed by atoms with van der Waals surface area (Å²) in [6, 6.07) is 2.82. The molecule has 1 aromatic carbocycles. The number of hydrogen-bond acceptors (Lipinski definition) is 7. The lowest BCUT2D eigenvalue weighted by Gasteiger charge is -2.38. The van der Waals surface area contributed by atoms with Gasteiger partial charge in [0, 0.05) is 32.2 Å². The second kappa shape index (κ2) is 7.77. The van der Waals surface area contributed by atoms with E-state index >= 15 is 4.39 Å². The predicted molar refractivity (Wildman–Crippen MR) is 117 cm³/mol. The van der Waals surface area contributed by atoms with Crippen LogP contribution in [-0.2, 0) is 16.6 Å². The molecule has 5 rings (SSSR count). The Kier molecular flexibility index (Phi) is 5.04. The third-order valence-corrected chi connectivity index (χ3v) is 6.78. The molecule has 1 aromatic heterocycles. The number of halogens is 1. The van der Waals surface area contributed by atoms with Crippen molar-refractivity contribution in [2.24, 2.45) is 0 Å². The van der Waals surface area contributed by atoms with Gasteiger partial charge in [0.15, 0.2) is 0 Å². The highest BCUT2D eigenvalue weighted by Gasteiger charge is 2.54. The van der Waals surface area contributed by atoms with Crippen molar-refractivity contribution < 1.29 is 19.0 Å². The Morgan fingerprint density at radius 2 is 2.06 bits per heavy atom. The molecule has 1 spiro atoms. The van der Waals surface area contributed by atoms with Crippen LogP contribution < -0.4 is 25.4 Å². The summed E-state index contributed by atoms with van der Waals surface area (Å²) in [4.78, 5) is 36.7. The number of aliphatic hydroxyl groups excluding tert-OH is 1. The second-order valence-electron chi connectivity index (χ2n) is 8.52. The molecule has 2 aromatic rings. The zero-order valence-corrected chi connectivity index (χ0v) is 17.9. The Labute approximate surface area is 184 Å². The van der Waals surface area contributed by atoms with E-state index < -0.39 is 11.2 Å². The van der Waals surface area contributed by atoms with Gasteiger partial charge in [-0.25, -0.2) is 4.39 Å². The fraction of sp³-hybridized carbons (Fsp3) is 0.500. The second-order valence-corrected chi connectivity index (χ2v) is 8.52. The van der Waals surface area contributed by atoms with E-state index in [4.69, 9.17) is 9.84 Å². The summed E-state index contributed by atoms with van der Waals surface area (Å²) in [5.41, 5.74) is 0.328. The Morgan fingerprint density at radius 3 is 2.81 bits per heavy atom. The summed E-state index contributed by atoms with van der Waals surface area (Å²) in [5, 5.41) is 12.3. The Balaban J connectivity index is 1.46. The smallest absolute Gasteiger partial charge is 0.257 e. The lowest BCUT2D eigenvalue weighted by molar-refractivity contribution is -0.123. The van der Waals surface area contributed by atoms with E-state index in [0.717, 1.165) is 13.0 Å². The van der Waals surface area contributed by atoms with Crippen LogP contribution in [0.1, 0.15) is 30.4 Å². The topological polar surface area (TPSA) is 111 Å². The van der Waals surface area contributed by atoms with Gasteiger partial charge in [-0.3, -0.25) is 14.6 Å². The highest BCUT2D eigenvalue weighted by atomic mass is 19.1. The lowest BCUT2D eigenvalue weighted by atomic mass is 9.73. The van der Waals surface area contributed by atoms with E-state index in [-0.39, 0.29) is 24.7 Å². The van der Waals surface area contributed by atoms with Crippen molar-refractivity contribution in [3.8, 4) is 5.75 Å². The van der Waals surface area contributed by atoms with Crippen molar-refractivity contribution in [2.75, 3.05) is 55.0 Å². The number of aromatic amines is 1. The number of piperidine rings is 1. The molecule has 3 aliphatic heterocycles. The molecule has 4 heterocycles. The monoisotopic (exact) mass is 443 g/mol. The number of likely N-dealkylation sites (N-methyl/N-ethyl adjacent to an activating group) is 1. The van der Waals surface area contributed by atoms with E-state index in [1.165, 1.54) is 17.0 Å². The molecule has 0 saturated carbocycles. The first-order valence-corrected chi connectivity index (χ1v) is 10.9. The van der Waals surface area contributed by atoms with Crippen LogP contribution in [-0.4, -0.2) is 60.9 Å². The molecular weight excluding hydrogens is 417 g/mol.